The maximum atomic E-state index is 9.64. The van der Waals surface area contributed by atoms with E-state index in [4.69, 9.17) is 0 Å². The van der Waals surface area contributed by atoms with E-state index in [-0.39, 0.29) is 5.75 Å². The first kappa shape index (κ1) is 12.3. The molecule has 2 aromatic rings. The van der Waals surface area contributed by atoms with Crippen molar-refractivity contribution in [2.24, 2.45) is 0 Å². The van der Waals surface area contributed by atoms with E-state index in [1.54, 1.807) is 6.07 Å². The highest BCUT2D eigenvalue weighted by atomic mass is 16.3. The Hall–Kier alpha value is -2.16. The molecule has 2 aromatic carbocycles. The number of aromatic hydroxyl groups is 1. The maximum Gasteiger partial charge on any atom is 0.138 e. The summed E-state index contributed by atoms with van der Waals surface area (Å²) in [6.45, 7) is 0.700. The molecule has 3 heteroatoms. The zero-order valence-electron chi connectivity index (χ0n) is 10.7. The number of nitrogens with zero attached hydrogens (tertiary/aromatic N) is 1. The van der Waals surface area contributed by atoms with Crippen LogP contribution in [-0.2, 0) is 6.54 Å². The maximum absolute atomic E-state index is 9.64. The standard InChI is InChI=1S/C15H18N2O/c1-17(2)13-9-7-12(8-10-13)11-16-14-5-3-4-6-15(14)18/h3-10,16,18H,11H2,1-2H3. The number of phenols is 1. The van der Waals surface area contributed by atoms with Crippen LogP contribution in [-0.4, -0.2) is 19.2 Å². The van der Waals surface area contributed by atoms with Gasteiger partial charge < -0.3 is 15.3 Å². The van der Waals surface area contributed by atoms with Gasteiger partial charge >= 0.3 is 0 Å². The number of nitrogens with one attached hydrogen (secondary N) is 1. The summed E-state index contributed by atoms with van der Waals surface area (Å²) >= 11 is 0. The summed E-state index contributed by atoms with van der Waals surface area (Å²) in [5, 5.41) is 12.9. The Kier molecular flexibility index (Phi) is 3.72. The molecule has 0 heterocycles. The molecule has 0 aromatic heterocycles. The molecular formula is C15H18N2O. The fourth-order valence-electron chi connectivity index (χ4n) is 1.73. The van der Waals surface area contributed by atoms with Crippen molar-refractivity contribution in [2.45, 2.75) is 6.54 Å². The predicted octanol–water partition coefficient (Wildman–Crippen LogP) is 3.07. The molecule has 0 bridgehead atoms. The van der Waals surface area contributed by atoms with Crippen LogP contribution in [0, 0.1) is 0 Å². The number of anilines is 2. The Labute approximate surface area is 108 Å². The van der Waals surface area contributed by atoms with Crippen molar-refractivity contribution < 1.29 is 5.11 Å². The molecule has 0 amide bonds. The minimum Gasteiger partial charge on any atom is -0.506 e. The fourth-order valence-corrected chi connectivity index (χ4v) is 1.73. The zero-order valence-corrected chi connectivity index (χ0v) is 10.7. The lowest BCUT2D eigenvalue weighted by atomic mass is 10.2. The highest BCUT2D eigenvalue weighted by molar-refractivity contribution is 5.55. The Morgan fingerprint density at radius 2 is 1.67 bits per heavy atom. The van der Waals surface area contributed by atoms with Crippen molar-refractivity contribution >= 4 is 11.4 Å². The molecule has 0 atom stereocenters. The van der Waals surface area contributed by atoms with Gasteiger partial charge in [-0.1, -0.05) is 24.3 Å². The van der Waals surface area contributed by atoms with Crippen LogP contribution < -0.4 is 10.2 Å². The number of phenolic OH excluding ortho intramolecular Hbond substituents is 1. The monoisotopic (exact) mass is 242 g/mol. The Balaban J connectivity index is 2.00. The van der Waals surface area contributed by atoms with Crippen LogP contribution in [0.3, 0.4) is 0 Å². The van der Waals surface area contributed by atoms with Gasteiger partial charge in [-0.05, 0) is 29.8 Å². The summed E-state index contributed by atoms with van der Waals surface area (Å²) in [6, 6.07) is 15.6. The smallest absolute Gasteiger partial charge is 0.138 e. The SMILES string of the molecule is CN(C)c1ccc(CNc2ccccc2O)cc1. The largest absolute Gasteiger partial charge is 0.506 e. The molecule has 0 unspecified atom stereocenters. The normalized spacial score (nSPS) is 10.1. The van der Waals surface area contributed by atoms with E-state index in [0.717, 1.165) is 5.69 Å². The number of rotatable bonds is 4. The summed E-state index contributed by atoms with van der Waals surface area (Å²) in [6.07, 6.45) is 0. The zero-order chi connectivity index (χ0) is 13.0. The van der Waals surface area contributed by atoms with Gasteiger partial charge in [0.15, 0.2) is 0 Å². The van der Waals surface area contributed by atoms with Gasteiger partial charge in [-0.15, -0.1) is 0 Å². The molecule has 2 N–H and O–H groups in total. The summed E-state index contributed by atoms with van der Waals surface area (Å²) in [5.41, 5.74) is 3.12. The van der Waals surface area contributed by atoms with E-state index in [1.165, 1.54) is 11.3 Å². The van der Waals surface area contributed by atoms with E-state index in [9.17, 15) is 5.11 Å². The average Bonchev–Trinajstić information content (AvgIpc) is 2.38. The van der Waals surface area contributed by atoms with Crippen LogP contribution in [0.15, 0.2) is 48.5 Å². The number of hydrogen-bond donors (Lipinski definition) is 2. The first-order chi connectivity index (χ1) is 8.66. The summed E-state index contributed by atoms with van der Waals surface area (Å²) in [7, 11) is 4.05. The molecule has 0 radical (unpaired) electrons. The lowest BCUT2D eigenvalue weighted by Gasteiger charge is -2.13. The van der Waals surface area contributed by atoms with Gasteiger partial charge in [-0.25, -0.2) is 0 Å². The van der Waals surface area contributed by atoms with Crippen molar-refractivity contribution in [1.29, 1.82) is 0 Å². The summed E-state index contributed by atoms with van der Waals surface area (Å²) in [4.78, 5) is 2.07. The topological polar surface area (TPSA) is 35.5 Å². The van der Waals surface area contributed by atoms with Crippen molar-refractivity contribution in [2.75, 3.05) is 24.3 Å². The molecule has 18 heavy (non-hydrogen) atoms. The first-order valence-electron chi connectivity index (χ1n) is 5.95. The van der Waals surface area contributed by atoms with E-state index in [2.05, 4.69) is 34.5 Å². The van der Waals surface area contributed by atoms with Gasteiger partial charge in [0.25, 0.3) is 0 Å². The Bertz CT molecular complexity index is 506. The third kappa shape index (κ3) is 2.94. The van der Waals surface area contributed by atoms with Crippen LogP contribution in [0.25, 0.3) is 0 Å². The van der Waals surface area contributed by atoms with E-state index in [0.29, 0.717) is 6.54 Å². The minimum atomic E-state index is 0.280. The quantitative estimate of drug-likeness (QED) is 0.809. The molecule has 0 saturated carbocycles. The fraction of sp³-hybridized carbons (Fsp3) is 0.200. The number of benzene rings is 2. The third-order valence-electron chi connectivity index (χ3n) is 2.84. The molecular weight excluding hydrogens is 224 g/mol. The van der Waals surface area contributed by atoms with E-state index in [1.807, 2.05) is 32.3 Å². The van der Waals surface area contributed by atoms with Gasteiger partial charge in [0.05, 0.1) is 5.69 Å². The molecule has 0 saturated heterocycles. The van der Waals surface area contributed by atoms with Crippen LogP contribution >= 0.6 is 0 Å². The van der Waals surface area contributed by atoms with Crippen LogP contribution in [0.1, 0.15) is 5.56 Å². The van der Waals surface area contributed by atoms with Crippen LogP contribution in [0.4, 0.5) is 11.4 Å². The van der Waals surface area contributed by atoms with E-state index >= 15 is 0 Å². The molecule has 3 nitrogen and oxygen atoms in total. The predicted molar refractivity (Wildman–Crippen MR) is 76.2 cm³/mol. The van der Waals surface area contributed by atoms with Crippen molar-refractivity contribution in [3.63, 3.8) is 0 Å². The second kappa shape index (κ2) is 5.45. The molecule has 94 valence electrons. The molecule has 0 aliphatic rings. The number of hydrogen-bond acceptors (Lipinski definition) is 3. The minimum absolute atomic E-state index is 0.280. The van der Waals surface area contributed by atoms with Gasteiger partial charge in [-0.3, -0.25) is 0 Å². The second-order valence-electron chi connectivity index (χ2n) is 4.43. The van der Waals surface area contributed by atoms with Gasteiger partial charge in [0.1, 0.15) is 5.75 Å². The highest BCUT2D eigenvalue weighted by Gasteiger charge is 1.99. The van der Waals surface area contributed by atoms with Gasteiger partial charge in [0, 0.05) is 26.3 Å². The van der Waals surface area contributed by atoms with Crippen molar-refractivity contribution in [1.82, 2.24) is 0 Å². The first-order valence-corrected chi connectivity index (χ1v) is 5.95. The second-order valence-corrected chi connectivity index (χ2v) is 4.43. The van der Waals surface area contributed by atoms with E-state index < -0.39 is 0 Å². The molecule has 0 aliphatic heterocycles. The molecule has 0 aliphatic carbocycles. The Morgan fingerprint density at radius 1 is 1.00 bits per heavy atom. The highest BCUT2D eigenvalue weighted by Crippen LogP contribution is 2.22. The van der Waals surface area contributed by atoms with Crippen molar-refractivity contribution in [3.8, 4) is 5.75 Å². The lowest BCUT2D eigenvalue weighted by molar-refractivity contribution is 0.477. The molecule has 0 fully saturated rings. The van der Waals surface area contributed by atoms with Crippen molar-refractivity contribution in [3.05, 3.63) is 54.1 Å². The van der Waals surface area contributed by atoms with Gasteiger partial charge in [0.2, 0.25) is 0 Å². The molecule has 2 rings (SSSR count). The van der Waals surface area contributed by atoms with Crippen LogP contribution in [0.2, 0.25) is 0 Å². The summed E-state index contributed by atoms with van der Waals surface area (Å²) in [5.74, 6) is 0.280. The summed E-state index contributed by atoms with van der Waals surface area (Å²) < 4.78 is 0. The lowest BCUT2D eigenvalue weighted by Crippen LogP contribution is -2.08. The van der Waals surface area contributed by atoms with Crippen LogP contribution in [0.5, 0.6) is 5.75 Å². The Morgan fingerprint density at radius 3 is 2.28 bits per heavy atom. The average molecular weight is 242 g/mol. The molecule has 0 spiro atoms. The number of para-hydroxylation sites is 2. The third-order valence-corrected chi connectivity index (χ3v) is 2.84. The van der Waals surface area contributed by atoms with Gasteiger partial charge in [-0.2, -0.15) is 0 Å².